The minimum absolute atomic E-state index is 0.0183. The van der Waals surface area contributed by atoms with Gasteiger partial charge in [0.1, 0.15) is 11.1 Å². The molecule has 26 heavy (non-hydrogen) atoms. The van der Waals surface area contributed by atoms with Crippen LogP contribution in [0.3, 0.4) is 0 Å². The number of aromatic nitrogens is 2. The smallest absolute Gasteiger partial charge is 0.407 e. The number of halogens is 3. The van der Waals surface area contributed by atoms with E-state index in [1.165, 1.54) is 6.20 Å². The number of aliphatic hydroxyl groups excluding tert-OH is 1. The van der Waals surface area contributed by atoms with Crippen LogP contribution in [-0.2, 0) is 11.3 Å². The third-order valence-corrected chi connectivity index (χ3v) is 4.81. The zero-order valence-corrected chi connectivity index (χ0v) is 14.6. The molecule has 1 aromatic rings. The van der Waals surface area contributed by atoms with Gasteiger partial charge < -0.3 is 20.1 Å². The number of hydrogen-bond acceptors (Lipinski definition) is 6. The van der Waals surface area contributed by atoms with Gasteiger partial charge in [0.05, 0.1) is 31.6 Å². The van der Waals surface area contributed by atoms with E-state index in [1.54, 1.807) is 4.90 Å². The van der Waals surface area contributed by atoms with E-state index in [2.05, 4.69) is 10.4 Å². The van der Waals surface area contributed by atoms with Gasteiger partial charge in [0, 0.05) is 31.8 Å². The lowest BCUT2D eigenvalue weighted by molar-refractivity contribution is -0.0915. The van der Waals surface area contributed by atoms with E-state index >= 15 is 0 Å². The number of anilines is 1. The first-order chi connectivity index (χ1) is 12.3. The number of nitrogens with zero attached hydrogens (tertiary/aromatic N) is 3. The first-order valence-electron chi connectivity index (χ1n) is 8.25. The van der Waals surface area contributed by atoms with E-state index in [9.17, 15) is 18.4 Å². The summed E-state index contributed by atoms with van der Waals surface area (Å²) < 4.78 is 31.9. The van der Waals surface area contributed by atoms with Gasteiger partial charge in [-0.15, -0.1) is 0 Å². The number of hydrogen-bond donors (Lipinski definition) is 2. The number of rotatable bonds is 5. The van der Waals surface area contributed by atoms with E-state index in [4.69, 9.17) is 21.4 Å². The molecule has 1 aromatic heterocycles. The Balaban J connectivity index is 1.55. The maximum Gasteiger partial charge on any atom is 0.407 e. The number of alkyl halides is 2. The van der Waals surface area contributed by atoms with Crippen molar-refractivity contribution in [3.63, 3.8) is 0 Å². The Morgan fingerprint density at radius 1 is 1.50 bits per heavy atom. The molecule has 0 radical (unpaired) electrons. The SMILES string of the molecule is O=C(NC1CC(F)(F)C1)O[C@@H]1CCN(c2cnn(CCO)c(=O)c2Cl)C1. The molecule has 2 fully saturated rings. The second-order valence-electron chi connectivity index (χ2n) is 6.46. The maximum atomic E-state index is 12.8. The summed E-state index contributed by atoms with van der Waals surface area (Å²) in [6.45, 7) is 0.638. The Labute approximate surface area is 152 Å². The third-order valence-electron chi connectivity index (χ3n) is 4.45. The minimum atomic E-state index is -2.71. The molecule has 144 valence electrons. The summed E-state index contributed by atoms with van der Waals surface area (Å²) in [6, 6.07) is -0.562. The van der Waals surface area contributed by atoms with Crippen LogP contribution in [0.2, 0.25) is 5.02 Å². The number of aliphatic hydroxyl groups is 1. The molecule has 2 heterocycles. The van der Waals surface area contributed by atoms with Gasteiger partial charge in [-0.2, -0.15) is 5.10 Å². The van der Waals surface area contributed by atoms with Crippen molar-refractivity contribution in [2.45, 2.75) is 43.9 Å². The molecule has 1 aliphatic carbocycles. The molecule has 0 bridgehead atoms. The van der Waals surface area contributed by atoms with Crippen molar-refractivity contribution >= 4 is 23.4 Å². The fourth-order valence-corrected chi connectivity index (χ4v) is 3.36. The van der Waals surface area contributed by atoms with Gasteiger partial charge in [0.25, 0.3) is 11.5 Å². The Hall–Kier alpha value is -1.94. The molecule has 0 spiro atoms. The van der Waals surface area contributed by atoms with Crippen LogP contribution in [0.5, 0.6) is 0 Å². The number of carbonyl (C=O) groups is 1. The van der Waals surface area contributed by atoms with Crippen molar-refractivity contribution in [2.24, 2.45) is 0 Å². The summed E-state index contributed by atoms with van der Waals surface area (Å²) in [4.78, 5) is 25.6. The summed E-state index contributed by atoms with van der Waals surface area (Å²) >= 11 is 6.10. The van der Waals surface area contributed by atoms with Crippen LogP contribution in [-0.4, -0.2) is 58.7 Å². The lowest BCUT2D eigenvalue weighted by Gasteiger charge is -2.35. The summed E-state index contributed by atoms with van der Waals surface area (Å²) in [5.41, 5.74) is -0.0813. The Morgan fingerprint density at radius 2 is 2.23 bits per heavy atom. The van der Waals surface area contributed by atoms with Crippen LogP contribution in [0.15, 0.2) is 11.0 Å². The third kappa shape index (κ3) is 4.07. The average molecular weight is 393 g/mol. The average Bonchev–Trinajstić information content (AvgIpc) is 2.98. The first kappa shape index (κ1) is 18.8. The molecule has 1 saturated heterocycles. The second kappa shape index (κ2) is 7.36. The predicted octanol–water partition coefficient (Wildman–Crippen LogP) is 0.992. The fourth-order valence-electron chi connectivity index (χ4n) is 3.09. The second-order valence-corrected chi connectivity index (χ2v) is 6.84. The van der Waals surface area contributed by atoms with Gasteiger partial charge in [-0.3, -0.25) is 4.79 Å². The van der Waals surface area contributed by atoms with Crippen molar-refractivity contribution in [3.8, 4) is 0 Å². The quantitative estimate of drug-likeness (QED) is 0.775. The van der Waals surface area contributed by atoms with E-state index in [-0.39, 0.29) is 31.0 Å². The first-order valence-corrected chi connectivity index (χ1v) is 8.63. The van der Waals surface area contributed by atoms with Crippen LogP contribution in [0.4, 0.5) is 19.3 Å². The lowest BCUT2D eigenvalue weighted by Crippen LogP contribution is -2.51. The zero-order valence-electron chi connectivity index (χ0n) is 13.8. The highest BCUT2D eigenvalue weighted by molar-refractivity contribution is 6.33. The molecular weight excluding hydrogens is 374 g/mol. The van der Waals surface area contributed by atoms with E-state index in [1.807, 2.05) is 0 Å². The molecule has 2 aliphatic rings. The van der Waals surface area contributed by atoms with Gasteiger partial charge in [-0.05, 0) is 0 Å². The molecule has 2 N–H and O–H groups in total. The molecule has 11 heteroatoms. The maximum absolute atomic E-state index is 12.8. The van der Waals surface area contributed by atoms with Gasteiger partial charge in [0.2, 0.25) is 0 Å². The Morgan fingerprint density at radius 3 is 2.88 bits per heavy atom. The molecule has 0 aromatic carbocycles. The van der Waals surface area contributed by atoms with Crippen LogP contribution in [0, 0.1) is 0 Å². The molecule has 3 rings (SSSR count). The van der Waals surface area contributed by atoms with Crippen molar-refractivity contribution in [2.75, 3.05) is 24.6 Å². The van der Waals surface area contributed by atoms with Crippen LogP contribution >= 0.6 is 11.6 Å². The van der Waals surface area contributed by atoms with Crippen LogP contribution in [0.1, 0.15) is 19.3 Å². The molecule has 1 aliphatic heterocycles. The summed E-state index contributed by atoms with van der Waals surface area (Å²) in [7, 11) is 0. The van der Waals surface area contributed by atoms with Crippen molar-refractivity contribution in [3.05, 3.63) is 21.6 Å². The van der Waals surface area contributed by atoms with Crippen molar-refractivity contribution in [1.82, 2.24) is 15.1 Å². The number of nitrogens with one attached hydrogen (secondary N) is 1. The minimum Gasteiger partial charge on any atom is -0.444 e. The predicted molar refractivity (Wildman–Crippen MR) is 88.8 cm³/mol. The normalized spacial score (nSPS) is 22.2. The van der Waals surface area contributed by atoms with Gasteiger partial charge in [0.15, 0.2) is 0 Å². The van der Waals surface area contributed by atoms with Crippen molar-refractivity contribution < 1.29 is 23.4 Å². The van der Waals surface area contributed by atoms with Crippen LogP contribution in [0.25, 0.3) is 0 Å². The van der Waals surface area contributed by atoms with E-state index in [0.29, 0.717) is 25.2 Å². The standard InChI is InChI=1S/C15H19ClF2N4O4/c16-12-11(7-19-22(3-4-23)13(12)24)21-2-1-10(8-21)26-14(25)20-9-5-15(17,18)6-9/h7,9-10,23H,1-6,8H2,(H,20,25)/t10-/m1/s1. The monoisotopic (exact) mass is 392 g/mol. The van der Waals surface area contributed by atoms with Gasteiger partial charge >= 0.3 is 6.09 Å². The number of ether oxygens (including phenoxy) is 1. The summed E-state index contributed by atoms with van der Waals surface area (Å²) in [5, 5.41) is 15.3. The number of alkyl carbamates (subject to hydrolysis) is 1. The van der Waals surface area contributed by atoms with Crippen molar-refractivity contribution in [1.29, 1.82) is 0 Å². The largest absolute Gasteiger partial charge is 0.444 e. The fraction of sp³-hybridized carbons (Fsp3) is 0.667. The highest BCUT2D eigenvalue weighted by atomic mass is 35.5. The highest BCUT2D eigenvalue weighted by Crippen LogP contribution is 2.37. The molecule has 0 unspecified atom stereocenters. The molecule has 8 nitrogen and oxygen atoms in total. The number of amides is 1. The molecule has 1 amide bonds. The van der Waals surface area contributed by atoms with Crippen LogP contribution < -0.4 is 15.8 Å². The topological polar surface area (TPSA) is 96.7 Å². The lowest BCUT2D eigenvalue weighted by atomic mass is 9.88. The van der Waals surface area contributed by atoms with Gasteiger partial charge in [-0.25, -0.2) is 18.3 Å². The molecular formula is C15H19ClF2N4O4. The Bertz CT molecular complexity index is 737. The number of carbonyl (C=O) groups excluding carboxylic acids is 1. The summed E-state index contributed by atoms with van der Waals surface area (Å²) in [6.07, 6.45) is 0.0449. The molecule has 1 atom stereocenters. The summed E-state index contributed by atoms with van der Waals surface area (Å²) in [5.74, 6) is -2.71. The van der Waals surface area contributed by atoms with E-state index < -0.39 is 29.7 Å². The molecule has 1 saturated carbocycles. The van der Waals surface area contributed by atoms with E-state index in [0.717, 1.165) is 4.68 Å². The van der Waals surface area contributed by atoms with Gasteiger partial charge in [-0.1, -0.05) is 11.6 Å². The highest BCUT2D eigenvalue weighted by Gasteiger charge is 2.46. The zero-order chi connectivity index (χ0) is 18.9. The Kier molecular flexibility index (Phi) is 5.33.